The Hall–Kier alpha value is -3.46. The highest BCUT2D eigenvalue weighted by molar-refractivity contribution is 6.31. The summed E-state index contributed by atoms with van der Waals surface area (Å²) in [6, 6.07) is 17.7. The van der Waals surface area contributed by atoms with E-state index in [2.05, 4.69) is 67.5 Å². The number of rotatable bonds is 7. The molecule has 2 saturated heterocycles. The highest BCUT2D eigenvalue weighted by atomic mass is 35.5. The van der Waals surface area contributed by atoms with Crippen molar-refractivity contribution >= 4 is 39.4 Å². The van der Waals surface area contributed by atoms with Crippen LogP contribution in [0.2, 0.25) is 5.02 Å². The van der Waals surface area contributed by atoms with Gasteiger partial charge < -0.3 is 20.1 Å². The minimum atomic E-state index is 0.299. The van der Waals surface area contributed by atoms with Crippen LogP contribution in [0.3, 0.4) is 0 Å². The first-order chi connectivity index (χ1) is 20.6. The summed E-state index contributed by atoms with van der Waals surface area (Å²) in [5.74, 6) is 0.480. The predicted molar refractivity (Wildman–Crippen MR) is 171 cm³/mol. The molecule has 2 aliphatic heterocycles. The fourth-order valence-electron chi connectivity index (χ4n) is 7.07. The van der Waals surface area contributed by atoms with Crippen LogP contribution in [0.1, 0.15) is 50.6 Å². The Morgan fingerprint density at radius 3 is 2.50 bits per heavy atom. The lowest BCUT2D eigenvalue weighted by molar-refractivity contribution is 0.0781. The Labute approximate surface area is 252 Å². The number of hydrogen-bond donors (Lipinski definition) is 1. The summed E-state index contributed by atoms with van der Waals surface area (Å²) < 4.78 is 4.37. The number of fused-ring (bicyclic) bond motifs is 2. The number of nitrogen functional groups attached to an aromatic ring is 1. The van der Waals surface area contributed by atoms with Crippen LogP contribution >= 0.6 is 11.6 Å². The molecule has 42 heavy (non-hydrogen) atoms. The maximum Gasteiger partial charge on any atom is 0.164 e. The van der Waals surface area contributed by atoms with E-state index >= 15 is 0 Å². The molecule has 2 fully saturated rings. The van der Waals surface area contributed by atoms with Gasteiger partial charge in [0.1, 0.15) is 17.8 Å². The van der Waals surface area contributed by atoms with Crippen molar-refractivity contribution in [1.29, 1.82) is 0 Å². The number of nitrogens with zero attached hydrogens (tertiary/aromatic N) is 7. The Balaban J connectivity index is 1.13. The molecule has 2 aliphatic rings. The van der Waals surface area contributed by atoms with Gasteiger partial charge in [-0.15, -0.1) is 0 Å². The second-order valence-electron chi connectivity index (χ2n) is 11.9. The second-order valence-corrected chi connectivity index (χ2v) is 12.3. The zero-order valence-corrected chi connectivity index (χ0v) is 25.0. The summed E-state index contributed by atoms with van der Waals surface area (Å²) in [7, 11) is 0. The first-order valence-corrected chi connectivity index (χ1v) is 15.7. The van der Waals surface area contributed by atoms with Crippen LogP contribution in [-0.4, -0.2) is 72.9 Å². The van der Waals surface area contributed by atoms with E-state index < -0.39 is 0 Å². The number of nitrogens with two attached hydrogens (primary N) is 1. The minimum absolute atomic E-state index is 0.299. The van der Waals surface area contributed by atoms with Gasteiger partial charge in [0.15, 0.2) is 5.65 Å². The third-order valence-electron chi connectivity index (χ3n) is 9.32. The average molecular weight is 583 g/mol. The Morgan fingerprint density at radius 2 is 1.71 bits per heavy atom. The average Bonchev–Trinajstić information content (AvgIpc) is 3.61. The van der Waals surface area contributed by atoms with E-state index in [0.717, 1.165) is 76.3 Å². The van der Waals surface area contributed by atoms with Crippen LogP contribution in [0.25, 0.3) is 33.2 Å². The van der Waals surface area contributed by atoms with E-state index in [0.29, 0.717) is 17.9 Å². The molecule has 3 aromatic heterocycles. The lowest BCUT2D eigenvalue weighted by Gasteiger charge is -2.41. The van der Waals surface area contributed by atoms with Gasteiger partial charge in [0.2, 0.25) is 0 Å². The summed E-state index contributed by atoms with van der Waals surface area (Å²) in [6.45, 7) is 8.90. The van der Waals surface area contributed by atoms with Crippen LogP contribution in [0.15, 0.2) is 61.1 Å². The van der Waals surface area contributed by atoms with E-state index in [-0.39, 0.29) is 0 Å². The van der Waals surface area contributed by atoms with Crippen molar-refractivity contribution in [3.05, 3.63) is 71.6 Å². The molecule has 5 aromatic rings. The van der Waals surface area contributed by atoms with Gasteiger partial charge in [-0.05, 0) is 81.6 Å². The Kier molecular flexibility index (Phi) is 7.61. The fourth-order valence-corrected chi connectivity index (χ4v) is 7.26. The number of likely N-dealkylation sites (tertiary alicyclic amines) is 2. The van der Waals surface area contributed by atoms with Crippen LogP contribution < -0.4 is 5.73 Å². The summed E-state index contributed by atoms with van der Waals surface area (Å²) in [5, 5.41) is 7.97. The van der Waals surface area contributed by atoms with Gasteiger partial charge in [0.05, 0.1) is 11.4 Å². The van der Waals surface area contributed by atoms with Crippen molar-refractivity contribution in [1.82, 2.24) is 34.1 Å². The van der Waals surface area contributed by atoms with Gasteiger partial charge in [-0.1, -0.05) is 42.8 Å². The van der Waals surface area contributed by atoms with E-state index in [9.17, 15) is 0 Å². The number of anilines is 1. The number of halogens is 1. The molecular weight excluding hydrogens is 544 g/mol. The number of benzene rings is 2. The largest absolute Gasteiger partial charge is 0.383 e. The molecule has 0 atom stereocenters. The van der Waals surface area contributed by atoms with Crippen LogP contribution in [0.5, 0.6) is 0 Å². The highest BCUT2D eigenvalue weighted by Gasteiger charge is 2.30. The smallest absolute Gasteiger partial charge is 0.164 e. The highest BCUT2D eigenvalue weighted by Crippen LogP contribution is 2.36. The first-order valence-electron chi connectivity index (χ1n) is 15.4. The van der Waals surface area contributed by atoms with Crippen LogP contribution in [0.4, 0.5) is 5.82 Å². The molecule has 218 valence electrons. The topological polar surface area (TPSA) is 81.0 Å². The maximum atomic E-state index is 6.47. The number of hydrogen-bond acceptors (Lipinski definition) is 6. The van der Waals surface area contributed by atoms with Crippen molar-refractivity contribution in [2.24, 2.45) is 0 Å². The molecule has 0 bridgehead atoms. The molecule has 0 unspecified atom stereocenters. The standard InChI is InChI=1S/C33H39ClN8/c1-2-14-39-15-10-26(11-16-39)40-18-12-27(13-19-40)42-33-30(32(35)36-22-37-33)31(38-42)24-7-8-29-23(20-24)9-17-41(29)21-25-5-3-4-6-28(25)34/h3-9,17,20,22,26-27H,2,10-16,18-19,21H2,1H3,(H2,35,36,37). The molecule has 8 nitrogen and oxygen atoms in total. The number of aromatic nitrogens is 5. The van der Waals surface area contributed by atoms with Crippen molar-refractivity contribution < 1.29 is 0 Å². The zero-order valence-electron chi connectivity index (χ0n) is 24.3. The molecule has 0 aliphatic carbocycles. The van der Waals surface area contributed by atoms with Gasteiger partial charge in [0, 0.05) is 53.4 Å². The predicted octanol–water partition coefficient (Wildman–Crippen LogP) is 6.24. The van der Waals surface area contributed by atoms with E-state index in [1.54, 1.807) is 6.33 Å². The second kappa shape index (κ2) is 11.7. The minimum Gasteiger partial charge on any atom is -0.383 e. The van der Waals surface area contributed by atoms with Crippen molar-refractivity contribution in [2.45, 2.75) is 57.7 Å². The van der Waals surface area contributed by atoms with Crippen molar-refractivity contribution in [2.75, 3.05) is 38.5 Å². The summed E-state index contributed by atoms with van der Waals surface area (Å²) in [6.07, 6.45) is 9.63. The maximum absolute atomic E-state index is 6.47. The van der Waals surface area contributed by atoms with Gasteiger partial charge in [-0.3, -0.25) is 0 Å². The molecular formula is C33H39ClN8. The van der Waals surface area contributed by atoms with E-state index in [1.807, 2.05) is 18.2 Å². The van der Waals surface area contributed by atoms with Gasteiger partial charge in [-0.25, -0.2) is 14.6 Å². The van der Waals surface area contributed by atoms with E-state index in [4.69, 9.17) is 27.4 Å². The Morgan fingerprint density at radius 1 is 0.929 bits per heavy atom. The van der Waals surface area contributed by atoms with Gasteiger partial charge >= 0.3 is 0 Å². The molecule has 2 N–H and O–H groups in total. The molecule has 0 saturated carbocycles. The third kappa shape index (κ3) is 5.16. The quantitative estimate of drug-likeness (QED) is 0.244. The van der Waals surface area contributed by atoms with Crippen molar-refractivity contribution in [3.8, 4) is 11.3 Å². The van der Waals surface area contributed by atoms with Gasteiger partial charge in [-0.2, -0.15) is 5.10 Å². The van der Waals surface area contributed by atoms with E-state index in [1.165, 1.54) is 38.9 Å². The SMILES string of the molecule is CCCN1CCC(N2CCC(n3nc(-c4ccc5c(ccn5Cc5ccccc5Cl)c4)c4c(N)ncnc43)CC2)CC1. The van der Waals surface area contributed by atoms with Gasteiger partial charge in [0.25, 0.3) is 0 Å². The van der Waals surface area contributed by atoms with Crippen LogP contribution in [-0.2, 0) is 6.54 Å². The molecule has 0 spiro atoms. The summed E-state index contributed by atoms with van der Waals surface area (Å²) in [4.78, 5) is 14.4. The normalized spacial score (nSPS) is 18.0. The van der Waals surface area contributed by atoms with Crippen LogP contribution in [0, 0.1) is 0 Å². The van der Waals surface area contributed by atoms with Crippen molar-refractivity contribution in [3.63, 3.8) is 0 Å². The Bertz CT molecular complexity index is 1690. The zero-order chi connectivity index (χ0) is 28.6. The number of piperidine rings is 2. The molecule has 0 amide bonds. The molecule has 9 heteroatoms. The molecule has 2 aromatic carbocycles. The first kappa shape index (κ1) is 27.4. The lowest BCUT2D eigenvalue weighted by atomic mass is 9.98. The molecule has 5 heterocycles. The summed E-state index contributed by atoms with van der Waals surface area (Å²) in [5.41, 5.74) is 11.4. The molecule has 7 rings (SSSR count). The fraction of sp³-hybridized carbons (Fsp3) is 0.424. The monoisotopic (exact) mass is 582 g/mol. The summed E-state index contributed by atoms with van der Waals surface area (Å²) >= 11 is 6.45. The third-order valence-corrected chi connectivity index (χ3v) is 9.69. The lowest BCUT2D eigenvalue weighted by Crippen LogP contribution is -2.48. The molecule has 0 radical (unpaired) electrons.